The van der Waals surface area contributed by atoms with Crippen LogP contribution in [0.2, 0.25) is 0 Å². The fourth-order valence-corrected chi connectivity index (χ4v) is 1.32. The fraction of sp³-hybridized carbons (Fsp3) is 0.455. The third-order valence-corrected chi connectivity index (χ3v) is 2.24. The first kappa shape index (κ1) is 13.4. The van der Waals surface area contributed by atoms with Crippen LogP contribution >= 0.6 is 0 Å². The van der Waals surface area contributed by atoms with Crippen LogP contribution in [0.25, 0.3) is 0 Å². The number of halogens is 1. The molecule has 1 aromatic heterocycles. The lowest BCUT2D eigenvalue weighted by atomic mass is 10.2. The van der Waals surface area contributed by atoms with Gasteiger partial charge in [0.25, 0.3) is 0 Å². The number of likely N-dealkylation sites (N-methyl/N-ethyl adjacent to an activating group) is 1. The van der Waals surface area contributed by atoms with Crippen molar-refractivity contribution in [2.75, 3.05) is 31.7 Å². The molecular formula is C11H15FN2O3. The minimum Gasteiger partial charge on any atom is -0.478 e. The summed E-state index contributed by atoms with van der Waals surface area (Å²) >= 11 is 0. The van der Waals surface area contributed by atoms with Gasteiger partial charge in [-0.15, -0.1) is 0 Å². The van der Waals surface area contributed by atoms with E-state index in [4.69, 9.17) is 9.84 Å². The molecule has 17 heavy (non-hydrogen) atoms. The molecule has 0 saturated carbocycles. The van der Waals surface area contributed by atoms with Gasteiger partial charge < -0.3 is 14.7 Å². The van der Waals surface area contributed by atoms with Crippen molar-refractivity contribution in [2.45, 2.75) is 6.92 Å². The number of aromatic carboxylic acids is 1. The summed E-state index contributed by atoms with van der Waals surface area (Å²) in [6, 6.07) is 1.14. The molecule has 0 bridgehead atoms. The van der Waals surface area contributed by atoms with Crippen molar-refractivity contribution >= 4 is 11.8 Å². The summed E-state index contributed by atoms with van der Waals surface area (Å²) in [4.78, 5) is 16.1. The van der Waals surface area contributed by atoms with E-state index in [0.717, 1.165) is 6.07 Å². The van der Waals surface area contributed by atoms with E-state index in [1.54, 1.807) is 7.05 Å². The Morgan fingerprint density at radius 2 is 2.35 bits per heavy atom. The lowest BCUT2D eigenvalue weighted by Crippen LogP contribution is -2.25. The Morgan fingerprint density at radius 1 is 1.65 bits per heavy atom. The molecule has 1 heterocycles. The average Bonchev–Trinajstić information content (AvgIpc) is 2.29. The molecule has 0 unspecified atom stereocenters. The Bertz CT molecular complexity index is 398. The number of hydrogen-bond donors (Lipinski definition) is 1. The van der Waals surface area contributed by atoms with Crippen molar-refractivity contribution in [1.29, 1.82) is 0 Å². The summed E-state index contributed by atoms with van der Waals surface area (Å²) in [5.74, 6) is -2.10. The maximum absolute atomic E-state index is 13.8. The lowest BCUT2D eigenvalue weighted by molar-refractivity contribution is 0.0692. The van der Waals surface area contributed by atoms with Gasteiger partial charge in [0.15, 0.2) is 11.6 Å². The van der Waals surface area contributed by atoms with Gasteiger partial charge in [0.1, 0.15) is 5.56 Å². The summed E-state index contributed by atoms with van der Waals surface area (Å²) in [5, 5.41) is 8.78. The van der Waals surface area contributed by atoms with Gasteiger partial charge in [-0.05, 0) is 13.0 Å². The van der Waals surface area contributed by atoms with Gasteiger partial charge in [-0.25, -0.2) is 14.2 Å². The Hall–Kier alpha value is -1.69. The summed E-state index contributed by atoms with van der Waals surface area (Å²) in [7, 11) is 1.63. The molecule has 0 spiro atoms. The molecule has 1 N–H and O–H groups in total. The van der Waals surface area contributed by atoms with E-state index >= 15 is 0 Å². The zero-order valence-electron chi connectivity index (χ0n) is 9.81. The monoisotopic (exact) mass is 242 g/mol. The van der Waals surface area contributed by atoms with Crippen LogP contribution in [0.5, 0.6) is 0 Å². The third-order valence-electron chi connectivity index (χ3n) is 2.24. The molecule has 0 fully saturated rings. The standard InChI is InChI=1S/C11H15FN2O3/c1-3-17-7-6-14(2)10-9(12)8(11(15)16)4-5-13-10/h4-5H,3,6-7H2,1-2H3,(H,15,16). The number of anilines is 1. The highest BCUT2D eigenvalue weighted by Crippen LogP contribution is 2.18. The van der Waals surface area contributed by atoms with Crippen LogP contribution in [0.15, 0.2) is 12.3 Å². The highest BCUT2D eigenvalue weighted by atomic mass is 19.1. The molecule has 0 aromatic carbocycles. The Morgan fingerprint density at radius 3 is 2.94 bits per heavy atom. The van der Waals surface area contributed by atoms with Gasteiger partial charge in [0.05, 0.1) is 6.61 Å². The predicted octanol–water partition coefficient (Wildman–Crippen LogP) is 1.39. The van der Waals surface area contributed by atoms with Gasteiger partial charge in [0, 0.05) is 26.4 Å². The number of hydrogen-bond acceptors (Lipinski definition) is 4. The number of nitrogens with zero attached hydrogens (tertiary/aromatic N) is 2. The third kappa shape index (κ3) is 3.39. The van der Waals surface area contributed by atoms with Crippen molar-refractivity contribution < 1.29 is 19.0 Å². The van der Waals surface area contributed by atoms with E-state index in [-0.39, 0.29) is 11.4 Å². The predicted molar refractivity (Wildman–Crippen MR) is 60.9 cm³/mol. The van der Waals surface area contributed by atoms with Gasteiger partial charge in [-0.2, -0.15) is 0 Å². The van der Waals surface area contributed by atoms with Crippen LogP contribution < -0.4 is 4.90 Å². The van der Waals surface area contributed by atoms with Crippen LogP contribution in [0, 0.1) is 5.82 Å². The smallest absolute Gasteiger partial charge is 0.338 e. The van der Waals surface area contributed by atoms with E-state index in [0.29, 0.717) is 19.8 Å². The lowest BCUT2D eigenvalue weighted by Gasteiger charge is -2.18. The molecule has 0 amide bonds. The molecule has 1 aromatic rings. The number of carboxylic acid groups (broad SMARTS) is 1. The first-order valence-corrected chi connectivity index (χ1v) is 5.24. The van der Waals surface area contributed by atoms with E-state index in [1.807, 2.05) is 6.92 Å². The molecule has 1 rings (SSSR count). The van der Waals surface area contributed by atoms with Crippen molar-refractivity contribution in [2.24, 2.45) is 0 Å². The van der Waals surface area contributed by atoms with Crippen LogP contribution in [0.3, 0.4) is 0 Å². The van der Waals surface area contributed by atoms with Gasteiger partial charge in [-0.1, -0.05) is 0 Å². The minimum absolute atomic E-state index is 0.0182. The Labute approximate surface area is 98.8 Å². The van der Waals surface area contributed by atoms with Gasteiger partial charge in [-0.3, -0.25) is 0 Å². The first-order chi connectivity index (χ1) is 8.07. The van der Waals surface area contributed by atoms with Crippen LogP contribution in [0.4, 0.5) is 10.2 Å². The summed E-state index contributed by atoms with van der Waals surface area (Å²) in [6.07, 6.45) is 1.28. The molecule has 0 aliphatic carbocycles. The SMILES string of the molecule is CCOCCN(C)c1nccc(C(=O)O)c1F. The maximum Gasteiger partial charge on any atom is 0.338 e. The van der Waals surface area contributed by atoms with E-state index in [1.165, 1.54) is 11.1 Å². The van der Waals surface area contributed by atoms with E-state index in [2.05, 4.69) is 4.98 Å². The van der Waals surface area contributed by atoms with Crippen LogP contribution in [-0.2, 0) is 4.74 Å². The molecule has 0 aliphatic heterocycles. The van der Waals surface area contributed by atoms with Gasteiger partial charge in [0.2, 0.25) is 0 Å². The zero-order chi connectivity index (χ0) is 12.8. The normalized spacial score (nSPS) is 10.3. The minimum atomic E-state index is -1.30. The topological polar surface area (TPSA) is 62.7 Å². The first-order valence-electron chi connectivity index (χ1n) is 5.24. The number of ether oxygens (including phenoxy) is 1. The number of rotatable bonds is 6. The summed E-state index contributed by atoms with van der Waals surface area (Å²) in [6.45, 7) is 3.33. The summed E-state index contributed by atoms with van der Waals surface area (Å²) in [5.41, 5.74) is -0.377. The molecule has 6 heteroatoms. The molecule has 0 saturated heterocycles. The van der Waals surface area contributed by atoms with Crippen molar-refractivity contribution in [1.82, 2.24) is 4.98 Å². The van der Waals surface area contributed by atoms with Crippen molar-refractivity contribution in [3.63, 3.8) is 0 Å². The number of carbonyl (C=O) groups is 1. The Kier molecular flexibility index (Phi) is 4.84. The second-order valence-corrected chi connectivity index (χ2v) is 3.42. The number of aromatic nitrogens is 1. The Balaban J connectivity index is 2.83. The highest BCUT2D eigenvalue weighted by molar-refractivity contribution is 5.88. The fourth-order valence-electron chi connectivity index (χ4n) is 1.32. The average molecular weight is 242 g/mol. The molecule has 0 atom stereocenters. The largest absolute Gasteiger partial charge is 0.478 e. The van der Waals surface area contributed by atoms with Crippen LogP contribution in [-0.4, -0.2) is 42.9 Å². The molecule has 0 aliphatic rings. The second-order valence-electron chi connectivity index (χ2n) is 3.42. The highest BCUT2D eigenvalue weighted by Gasteiger charge is 2.17. The van der Waals surface area contributed by atoms with E-state index in [9.17, 15) is 9.18 Å². The molecule has 94 valence electrons. The molecule has 5 nitrogen and oxygen atoms in total. The van der Waals surface area contributed by atoms with Crippen LogP contribution in [0.1, 0.15) is 17.3 Å². The second kappa shape index (κ2) is 6.15. The number of pyridine rings is 1. The van der Waals surface area contributed by atoms with E-state index < -0.39 is 11.8 Å². The molecule has 0 radical (unpaired) electrons. The zero-order valence-corrected chi connectivity index (χ0v) is 9.81. The maximum atomic E-state index is 13.8. The van der Waals surface area contributed by atoms with Gasteiger partial charge >= 0.3 is 5.97 Å². The molecular weight excluding hydrogens is 227 g/mol. The summed E-state index contributed by atoms with van der Waals surface area (Å²) < 4.78 is 18.9. The number of carboxylic acids is 1. The van der Waals surface area contributed by atoms with Crippen molar-refractivity contribution in [3.8, 4) is 0 Å². The quantitative estimate of drug-likeness (QED) is 0.764. The van der Waals surface area contributed by atoms with Crippen molar-refractivity contribution in [3.05, 3.63) is 23.6 Å².